The van der Waals surface area contributed by atoms with Crippen LogP contribution in [-0.2, 0) is 0 Å². The van der Waals surface area contributed by atoms with E-state index >= 15 is 0 Å². The van der Waals surface area contributed by atoms with Gasteiger partial charge in [0.1, 0.15) is 11.6 Å². The van der Waals surface area contributed by atoms with Crippen LogP contribution in [0, 0.1) is 5.92 Å². The van der Waals surface area contributed by atoms with E-state index in [9.17, 15) is 0 Å². The average molecular weight is 699 g/mol. The van der Waals surface area contributed by atoms with Crippen LogP contribution in [0.5, 0.6) is 0 Å². The normalized spacial score (nSPS) is 13.7. The van der Waals surface area contributed by atoms with Crippen LogP contribution in [0.2, 0.25) is 0 Å². The standard InChI is InChI=1S/C50H42N4/c1-6-34-18-8-11-22-37(34)50(32(3)4)33(5)51-48(7-2)53-44-27-14-12-23-39(44)41-31-47-42(30-46(41)53)40-24-13-15-28-45(40)54(47)49-29-17-26-43(52-49)38-25-16-20-35-19-9-10-21-36(35)38/h6-32H,1-5H3/b34-6-,48-7+,50-37+,51-33+. The third kappa shape index (κ3) is 5.37. The van der Waals surface area contributed by atoms with E-state index in [0.717, 1.165) is 50.7 Å². The maximum Gasteiger partial charge on any atom is 0.138 e. The molecule has 4 nitrogen and oxygen atoms in total. The summed E-state index contributed by atoms with van der Waals surface area (Å²) in [5.74, 6) is 2.09. The van der Waals surface area contributed by atoms with E-state index in [0.29, 0.717) is 5.92 Å². The molecule has 0 saturated heterocycles. The summed E-state index contributed by atoms with van der Waals surface area (Å²) in [6.45, 7) is 10.9. The molecular weight excluding hydrogens is 657 g/mol. The molecule has 0 bridgehead atoms. The van der Waals surface area contributed by atoms with Crippen LogP contribution >= 0.6 is 0 Å². The lowest BCUT2D eigenvalue weighted by molar-refractivity contribution is 0.861. The third-order valence-electron chi connectivity index (χ3n) is 10.8. The van der Waals surface area contributed by atoms with Gasteiger partial charge in [0.2, 0.25) is 0 Å². The zero-order valence-corrected chi connectivity index (χ0v) is 31.4. The van der Waals surface area contributed by atoms with Crippen molar-refractivity contribution in [1.29, 1.82) is 0 Å². The lowest BCUT2D eigenvalue weighted by atomic mass is 9.95. The molecule has 0 unspecified atom stereocenters. The highest BCUT2D eigenvalue weighted by Crippen LogP contribution is 2.40. The predicted octanol–water partition coefficient (Wildman–Crippen LogP) is 11.7. The molecule has 0 saturated carbocycles. The number of rotatable bonds is 6. The first-order chi connectivity index (χ1) is 26.5. The molecule has 3 heterocycles. The molecule has 0 aliphatic heterocycles. The molecule has 9 rings (SSSR count). The van der Waals surface area contributed by atoms with Gasteiger partial charge in [-0.3, -0.25) is 9.13 Å². The van der Waals surface area contributed by atoms with Crippen LogP contribution < -0.4 is 10.4 Å². The number of nitrogens with zero attached hydrogens (tertiary/aromatic N) is 4. The van der Waals surface area contributed by atoms with Crippen molar-refractivity contribution in [3.05, 3.63) is 162 Å². The van der Waals surface area contributed by atoms with Crippen LogP contribution in [0.15, 0.2) is 157 Å². The number of allylic oxidation sites excluding steroid dienone is 1. The number of hydrogen-bond donors (Lipinski definition) is 0. The van der Waals surface area contributed by atoms with E-state index < -0.39 is 0 Å². The Hall–Kier alpha value is -6.52. The molecule has 6 aromatic carbocycles. The number of benzene rings is 6. The van der Waals surface area contributed by atoms with Gasteiger partial charge < -0.3 is 0 Å². The Morgan fingerprint density at radius 1 is 0.611 bits per heavy atom. The van der Waals surface area contributed by atoms with Crippen molar-refractivity contribution in [2.45, 2.75) is 34.6 Å². The van der Waals surface area contributed by atoms with E-state index in [-0.39, 0.29) is 0 Å². The van der Waals surface area contributed by atoms with Crippen molar-refractivity contribution in [1.82, 2.24) is 14.1 Å². The summed E-state index contributed by atoms with van der Waals surface area (Å²) in [6.07, 6.45) is 4.33. The van der Waals surface area contributed by atoms with E-state index in [1.165, 1.54) is 48.3 Å². The fraction of sp³-hybridized carbons (Fsp3) is 0.120. The Balaban J connectivity index is 1.29. The van der Waals surface area contributed by atoms with Gasteiger partial charge in [-0.1, -0.05) is 129 Å². The second kappa shape index (κ2) is 13.5. The third-order valence-corrected chi connectivity index (χ3v) is 10.8. The summed E-state index contributed by atoms with van der Waals surface area (Å²) < 4.78 is 4.67. The average Bonchev–Trinajstić information content (AvgIpc) is 3.71. The topological polar surface area (TPSA) is 35.1 Å². The molecule has 0 aliphatic carbocycles. The Bertz CT molecular complexity index is 3110. The van der Waals surface area contributed by atoms with Crippen LogP contribution in [0.3, 0.4) is 0 Å². The fourth-order valence-electron chi connectivity index (χ4n) is 8.46. The quantitative estimate of drug-likeness (QED) is 0.159. The number of aromatic nitrogens is 3. The first-order valence-corrected chi connectivity index (χ1v) is 18.9. The number of aliphatic imine (C=N–C) groups is 1. The molecular formula is C50H42N4. The summed E-state index contributed by atoms with van der Waals surface area (Å²) in [5.41, 5.74) is 8.87. The zero-order valence-electron chi connectivity index (χ0n) is 31.4. The van der Waals surface area contributed by atoms with E-state index in [1.807, 2.05) is 0 Å². The minimum Gasteiger partial charge on any atom is -0.294 e. The van der Waals surface area contributed by atoms with Crippen LogP contribution in [-0.4, -0.2) is 19.8 Å². The SMILES string of the molecule is C/C=c1/cccc/c1=C(\C(C)=N\C(=C/C)n1c2ccccc2c2cc3c(cc21)c1ccccc1n3-c1cccc(-c2cccc3ccccc23)n1)C(C)C. The molecule has 54 heavy (non-hydrogen) atoms. The summed E-state index contributed by atoms with van der Waals surface area (Å²) in [4.78, 5) is 10.8. The van der Waals surface area contributed by atoms with Crippen molar-refractivity contribution in [2.75, 3.05) is 0 Å². The highest BCUT2D eigenvalue weighted by molar-refractivity contribution is 6.21. The van der Waals surface area contributed by atoms with Crippen molar-refractivity contribution in [2.24, 2.45) is 10.9 Å². The van der Waals surface area contributed by atoms with Crippen molar-refractivity contribution in [3.63, 3.8) is 0 Å². The Kier molecular flexibility index (Phi) is 8.31. The highest BCUT2D eigenvalue weighted by Gasteiger charge is 2.20. The number of fused-ring (bicyclic) bond motifs is 7. The molecule has 0 spiro atoms. The van der Waals surface area contributed by atoms with E-state index in [4.69, 9.17) is 9.98 Å². The summed E-state index contributed by atoms with van der Waals surface area (Å²) in [6, 6.07) is 52.1. The molecule has 4 heteroatoms. The van der Waals surface area contributed by atoms with Gasteiger partial charge in [-0.15, -0.1) is 0 Å². The lowest BCUT2D eigenvalue weighted by Crippen LogP contribution is -2.30. The van der Waals surface area contributed by atoms with Gasteiger partial charge in [0.15, 0.2) is 0 Å². The number of pyridine rings is 1. The van der Waals surface area contributed by atoms with Gasteiger partial charge in [0.25, 0.3) is 0 Å². The molecule has 0 aliphatic rings. The lowest BCUT2D eigenvalue weighted by Gasteiger charge is -2.15. The smallest absolute Gasteiger partial charge is 0.138 e. The first kappa shape index (κ1) is 33.3. The molecule has 0 N–H and O–H groups in total. The largest absolute Gasteiger partial charge is 0.294 e. The van der Waals surface area contributed by atoms with Gasteiger partial charge in [-0.05, 0) is 95.9 Å². The van der Waals surface area contributed by atoms with Crippen LogP contribution in [0.4, 0.5) is 0 Å². The predicted molar refractivity (Wildman–Crippen MR) is 232 cm³/mol. The molecule has 0 fully saturated rings. The molecule has 0 radical (unpaired) electrons. The fourth-order valence-corrected chi connectivity index (χ4v) is 8.46. The Morgan fingerprint density at radius 2 is 1.24 bits per heavy atom. The Morgan fingerprint density at radius 3 is 2.02 bits per heavy atom. The monoisotopic (exact) mass is 698 g/mol. The summed E-state index contributed by atoms with van der Waals surface area (Å²) in [7, 11) is 0. The van der Waals surface area contributed by atoms with Crippen molar-refractivity contribution >= 4 is 77.6 Å². The summed E-state index contributed by atoms with van der Waals surface area (Å²) >= 11 is 0. The van der Waals surface area contributed by atoms with Crippen LogP contribution in [0.25, 0.3) is 88.9 Å². The second-order valence-electron chi connectivity index (χ2n) is 14.3. The molecule has 262 valence electrons. The van der Waals surface area contributed by atoms with Crippen molar-refractivity contribution in [3.8, 4) is 17.1 Å². The Labute approximate surface area is 315 Å². The maximum atomic E-state index is 5.44. The molecule has 9 aromatic rings. The van der Waals surface area contributed by atoms with Gasteiger partial charge in [-0.2, -0.15) is 0 Å². The first-order valence-electron chi connectivity index (χ1n) is 18.9. The minimum absolute atomic E-state index is 0.296. The number of para-hydroxylation sites is 2. The van der Waals surface area contributed by atoms with Gasteiger partial charge >= 0.3 is 0 Å². The van der Waals surface area contributed by atoms with Gasteiger partial charge in [-0.25, -0.2) is 9.98 Å². The highest BCUT2D eigenvalue weighted by atomic mass is 15.1. The summed E-state index contributed by atoms with van der Waals surface area (Å²) in [5, 5.41) is 9.61. The van der Waals surface area contributed by atoms with E-state index in [2.05, 4.69) is 201 Å². The zero-order chi connectivity index (χ0) is 36.9. The second-order valence-corrected chi connectivity index (χ2v) is 14.3. The molecule has 3 aromatic heterocycles. The van der Waals surface area contributed by atoms with Crippen molar-refractivity contribution < 1.29 is 0 Å². The minimum atomic E-state index is 0.296. The van der Waals surface area contributed by atoms with Crippen LogP contribution in [0.1, 0.15) is 34.6 Å². The number of hydrogen-bond acceptors (Lipinski definition) is 2. The van der Waals surface area contributed by atoms with Gasteiger partial charge in [0.05, 0.1) is 27.8 Å². The molecule has 0 amide bonds. The maximum absolute atomic E-state index is 5.44. The van der Waals surface area contributed by atoms with Gasteiger partial charge in [0, 0.05) is 32.8 Å². The molecule has 0 atom stereocenters. The van der Waals surface area contributed by atoms with E-state index in [1.54, 1.807) is 0 Å².